The zero-order valence-electron chi connectivity index (χ0n) is 21.4. The van der Waals surface area contributed by atoms with E-state index in [1.807, 2.05) is 0 Å². The van der Waals surface area contributed by atoms with Crippen LogP contribution in [0.4, 0.5) is 0 Å². The average Bonchev–Trinajstić information content (AvgIpc) is 2.94. The summed E-state index contributed by atoms with van der Waals surface area (Å²) in [6.45, 7) is 18.1. The van der Waals surface area contributed by atoms with Crippen LogP contribution < -0.4 is 0 Å². The molecule has 0 bridgehead atoms. The van der Waals surface area contributed by atoms with Crippen LogP contribution in [0.3, 0.4) is 0 Å². The molecule has 1 nitrogen and oxygen atoms in total. The van der Waals surface area contributed by atoms with Crippen LogP contribution in [0.15, 0.2) is 0 Å². The fourth-order valence-corrected chi connectivity index (χ4v) is 10.1. The van der Waals surface area contributed by atoms with Gasteiger partial charge in [-0.15, -0.1) is 0 Å². The molecule has 1 N–H and O–H groups in total. The van der Waals surface area contributed by atoms with Gasteiger partial charge in [-0.05, 0) is 109 Å². The summed E-state index contributed by atoms with van der Waals surface area (Å²) in [7, 11) is 0. The summed E-state index contributed by atoms with van der Waals surface area (Å²) in [5, 5.41) is 10.4. The molecule has 4 saturated carbocycles. The lowest BCUT2D eigenvalue weighted by Gasteiger charge is -2.70. The van der Waals surface area contributed by atoms with Gasteiger partial charge in [-0.2, -0.15) is 0 Å². The highest BCUT2D eigenvalue weighted by molar-refractivity contribution is 5.18. The molecule has 9 atom stereocenters. The minimum absolute atomic E-state index is 0.0322. The van der Waals surface area contributed by atoms with E-state index >= 15 is 0 Å². The van der Waals surface area contributed by atoms with Gasteiger partial charge in [0.15, 0.2) is 0 Å². The second-order valence-electron chi connectivity index (χ2n) is 13.9. The fourth-order valence-electron chi connectivity index (χ4n) is 10.1. The normalized spacial score (nSPS) is 51.9. The Hall–Kier alpha value is -0.0400. The van der Waals surface area contributed by atoms with Crippen LogP contribution in [0.1, 0.15) is 126 Å². The van der Waals surface area contributed by atoms with Crippen molar-refractivity contribution in [2.24, 2.45) is 51.2 Å². The second kappa shape index (κ2) is 7.78. The van der Waals surface area contributed by atoms with Gasteiger partial charge in [0.2, 0.25) is 0 Å². The summed E-state index contributed by atoms with van der Waals surface area (Å²) in [5.41, 5.74) is 1.97. The molecule has 4 fully saturated rings. The lowest BCUT2D eigenvalue weighted by atomic mass is 9.35. The third-order valence-corrected chi connectivity index (χ3v) is 12.5. The molecule has 4 aliphatic carbocycles. The van der Waals surface area contributed by atoms with Gasteiger partial charge >= 0.3 is 0 Å². The van der Waals surface area contributed by atoms with Gasteiger partial charge in [-0.25, -0.2) is 0 Å². The van der Waals surface area contributed by atoms with Crippen LogP contribution in [-0.4, -0.2) is 11.2 Å². The van der Waals surface area contributed by atoms with Crippen molar-refractivity contribution in [2.45, 2.75) is 132 Å². The Labute approximate surface area is 188 Å². The van der Waals surface area contributed by atoms with Crippen LogP contribution in [0.2, 0.25) is 0 Å². The van der Waals surface area contributed by atoms with E-state index in [4.69, 9.17) is 0 Å². The van der Waals surface area contributed by atoms with Gasteiger partial charge in [0.1, 0.15) is 0 Å². The van der Waals surface area contributed by atoms with E-state index < -0.39 is 0 Å². The molecule has 0 saturated heterocycles. The SMILES string of the molecule is CC(C)CCC[C@@H](C)[C@H]1CC[C@@]2(C)[C@@H]3CCC4CC(O)CC[C@]4(C)[C@@]3(C)CC[C@]12C. The predicted molar refractivity (Wildman–Crippen MR) is 128 cm³/mol. The first kappa shape index (κ1) is 23.1. The Morgan fingerprint density at radius 2 is 1.37 bits per heavy atom. The number of aliphatic hydroxyl groups is 1. The van der Waals surface area contributed by atoms with E-state index in [-0.39, 0.29) is 6.10 Å². The van der Waals surface area contributed by atoms with Gasteiger partial charge in [0.25, 0.3) is 0 Å². The van der Waals surface area contributed by atoms with E-state index in [0.717, 1.165) is 42.4 Å². The number of fused-ring (bicyclic) bond motifs is 5. The van der Waals surface area contributed by atoms with Crippen molar-refractivity contribution in [3.8, 4) is 0 Å². The molecule has 0 spiro atoms. The Morgan fingerprint density at radius 1 is 0.733 bits per heavy atom. The van der Waals surface area contributed by atoms with Gasteiger partial charge in [0.05, 0.1) is 6.10 Å². The standard InChI is InChI=1S/C29H52O/c1-20(2)9-8-10-21(3)24-14-16-28(6)25-12-11-22-19-23(30)13-15-26(22,4)29(25,7)18-17-27(24,28)5/h20-25,30H,8-19H2,1-7H3/t21-,22?,23?,24-,25+,26+,27-,28+,29+/m1/s1. The maximum Gasteiger partial charge on any atom is 0.0543 e. The highest BCUT2D eigenvalue weighted by Gasteiger charge is 2.69. The summed E-state index contributed by atoms with van der Waals surface area (Å²) < 4.78 is 0. The molecule has 0 radical (unpaired) electrons. The van der Waals surface area contributed by atoms with Crippen LogP contribution in [0, 0.1) is 51.2 Å². The molecular formula is C29H52O. The lowest BCUT2D eigenvalue weighted by molar-refractivity contribution is -0.217. The third-order valence-electron chi connectivity index (χ3n) is 12.5. The maximum absolute atomic E-state index is 10.4. The quantitative estimate of drug-likeness (QED) is 0.478. The predicted octanol–water partition coefficient (Wildman–Crippen LogP) is 8.25. The summed E-state index contributed by atoms with van der Waals surface area (Å²) in [5.74, 6) is 4.30. The van der Waals surface area contributed by atoms with Gasteiger partial charge in [-0.3, -0.25) is 0 Å². The molecule has 4 aliphatic rings. The minimum Gasteiger partial charge on any atom is -0.393 e. The molecular weight excluding hydrogens is 364 g/mol. The highest BCUT2D eigenvalue weighted by Crippen LogP contribution is 2.77. The smallest absolute Gasteiger partial charge is 0.0543 e. The summed E-state index contributed by atoms with van der Waals surface area (Å²) in [6, 6.07) is 0. The Balaban J connectivity index is 1.57. The third kappa shape index (κ3) is 3.18. The monoisotopic (exact) mass is 416 g/mol. The van der Waals surface area contributed by atoms with Gasteiger partial charge in [0, 0.05) is 0 Å². The van der Waals surface area contributed by atoms with Crippen molar-refractivity contribution < 1.29 is 5.11 Å². The van der Waals surface area contributed by atoms with Crippen LogP contribution >= 0.6 is 0 Å². The van der Waals surface area contributed by atoms with E-state index in [1.54, 1.807) is 0 Å². The van der Waals surface area contributed by atoms with Crippen molar-refractivity contribution in [1.82, 2.24) is 0 Å². The van der Waals surface area contributed by atoms with Crippen LogP contribution in [0.25, 0.3) is 0 Å². The van der Waals surface area contributed by atoms with Gasteiger partial charge in [-0.1, -0.05) is 67.7 Å². The lowest BCUT2D eigenvalue weighted by Crippen LogP contribution is -2.63. The number of aliphatic hydroxyl groups excluding tert-OH is 1. The number of rotatable bonds is 5. The van der Waals surface area contributed by atoms with E-state index in [9.17, 15) is 5.11 Å². The van der Waals surface area contributed by atoms with E-state index in [1.165, 1.54) is 64.2 Å². The van der Waals surface area contributed by atoms with E-state index in [0.29, 0.717) is 21.7 Å². The fraction of sp³-hybridized carbons (Fsp3) is 1.00. The first-order valence-electron chi connectivity index (χ1n) is 13.7. The largest absolute Gasteiger partial charge is 0.393 e. The molecule has 1 heteroatoms. The number of hydrogen-bond donors (Lipinski definition) is 1. The first-order chi connectivity index (χ1) is 14.0. The van der Waals surface area contributed by atoms with E-state index in [2.05, 4.69) is 48.5 Å². The molecule has 2 unspecified atom stereocenters. The molecule has 174 valence electrons. The zero-order valence-corrected chi connectivity index (χ0v) is 21.4. The Bertz CT molecular complexity index is 626. The Kier molecular flexibility index (Phi) is 5.99. The summed E-state index contributed by atoms with van der Waals surface area (Å²) in [6.07, 6.45) is 16.2. The molecule has 0 aromatic rings. The van der Waals surface area contributed by atoms with Crippen molar-refractivity contribution >= 4 is 0 Å². The van der Waals surface area contributed by atoms with Crippen molar-refractivity contribution in [1.29, 1.82) is 0 Å². The van der Waals surface area contributed by atoms with Crippen molar-refractivity contribution in [3.05, 3.63) is 0 Å². The summed E-state index contributed by atoms with van der Waals surface area (Å²) in [4.78, 5) is 0. The molecule has 0 heterocycles. The van der Waals surface area contributed by atoms with Crippen LogP contribution in [0.5, 0.6) is 0 Å². The molecule has 30 heavy (non-hydrogen) atoms. The maximum atomic E-state index is 10.4. The minimum atomic E-state index is -0.0322. The molecule has 4 rings (SSSR count). The first-order valence-corrected chi connectivity index (χ1v) is 13.7. The summed E-state index contributed by atoms with van der Waals surface area (Å²) >= 11 is 0. The molecule has 0 aromatic heterocycles. The van der Waals surface area contributed by atoms with Gasteiger partial charge < -0.3 is 5.11 Å². The van der Waals surface area contributed by atoms with Crippen molar-refractivity contribution in [3.63, 3.8) is 0 Å². The highest BCUT2D eigenvalue weighted by atomic mass is 16.3. The Morgan fingerprint density at radius 3 is 2.07 bits per heavy atom. The average molecular weight is 417 g/mol. The van der Waals surface area contributed by atoms with Crippen molar-refractivity contribution in [2.75, 3.05) is 0 Å². The molecule has 0 aromatic carbocycles. The van der Waals surface area contributed by atoms with Crippen LogP contribution in [-0.2, 0) is 0 Å². The number of hydrogen-bond acceptors (Lipinski definition) is 1. The molecule has 0 aliphatic heterocycles. The second-order valence-corrected chi connectivity index (χ2v) is 13.9. The topological polar surface area (TPSA) is 20.2 Å². The zero-order chi connectivity index (χ0) is 21.9. The molecule has 0 amide bonds.